The van der Waals surface area contributed by atoms with Crippen LogP contribution in [0.25, 0.3) is 0 Å². The first kappa shape index (κ1) is 10.4. The van der Waals surface area contributed by atoms with E-state index >= 15 is 0 Å². The number of likely N-dealkylation sites (tertiary alicyclic amines) is 1. The van der Waals surface area contributed by atoms with Gasteiger partial charge in [-0.3, -0.25) is 4.90 Å². The highest BCUT2D eigenvalue weighted by Crippen LogP contribution is 2.28. The average Bonchev–Trinajstić information content (AvgIpc) is 2.46. The van der Waals surface area contributed by atoms with Crippen molar-refractivity contribution in [3.05, 3.63) is 0 Å². The molecule has 2 rings (SSSR count). The first-order chi connectivity index (χ1) is 6.77. The second-order valence-corrected chi connectivity index (χ2v) is 5.16. The molecule has 1 saturated heterocycles. The Morgan fingerprint density at radius 3 is 2.64 bits per heavy atom. The summed E-state index contributed by atoms with van der Waals surface area (Å²) in [7, 11) is 0. The molecule has 3 unspecified atom stereocenters. The Kier molecular flexibility index (Phi) is 3.45. The Bertz CT molecular complexity index is 181. The third kappa shape index (κ3) is 2.29. The van der Waals surface area contributed by atoms with Crippen molar-refractivity contribution in [3.8, 4) is 0 Å². The highest BCUT2D eigenvalue weighted by molar-refractivity contribution is 4.87. The summed E-state index contributed by atoms with van der Waals surface area (Å²) in [5.74, 6) is 0. The summed E-state index contributed by atoms with van der Waals surface area (Å²) in [5, 5.41) is 0. The molecule has 2 heteroatoms. The molecule has 82 valence electrons. The number of nitrogens with zero attached hydrogens (tertiary/aromatic N) is 1. The van der Waals surface area contributed by atoms with Gasteiger partial charge in [-0.2, -0.15) is 0 Å². The summed E-state index contributed by atoms with van der Waals surface area (Å²) in [4.78, 5) is 2.74. The van der Waals surface area contributed by atoms with Gasteiger partial charge in [-0.05, 0) is 45.6 Å². The number of hydrogen-bond acceptors (Lipinski definition) is 2. The first-order valence-corrected chi connectivity index (χ1v) is 6.28. The van der Waals surface area contributed by atoms with Gasteiger partial charge in [0.1, 0.15) is 0 Å². The van der Waals surface area contributed by atoms with Crippen LogP contribution in [-0.4, -0.2) is 29.6 Å². The van der Waals surface area contributed by atoms with Crippen LogP contribution in [0.2, 0.25) is 0 Å². The van der Waals surface area contributed by atoms with Crippen molar-refractivity contribution in [2.24, 2.45) is 5.73 Å². The van der Waals surface area contributed by atoms with E-state index in [0.717, 1.165) is 12.1 Å². The highest BCUT2D eigenvalue weighted by Gasteiger charge is 2.30. The third-order valence-electron chi connectivity index (χ3n) is 4.02. The molecular weight excluding hydrogens is 172 g/mol. The maximum atomic E-state index is 5.99. The van der Waals surface area contributed by atoms with Crippen LogP contribution >= 0.6 is 0 Å². The fraction of sp³-hybridized carbons (Fsp3) is 1.00. The van der Waals surface area contributed by atoms with Crippen molar-refractivity contribution in [3.63, 3.8) is 0 Å². The largest absolute Gasteiger partial charge is 0.328 e. The molecule has 2 nitrogen and oxygen atoms in total. The van der Waals surface area contributed by atoms with E-state index in [1.54, 1.807) is 0 Å². The Morgan fingerprint density at radius 1 is 1.07 bits per heavy atom. The minimum atomic E-state index is 0.482. The van der Waals surface area contributed by atoms with Gasteiger partial charge in [0.15, 0.2) is 0 Å². The minimum absolute atomic E-state index is 0.482. The van der Waals surface area contributed by atoms with Crippen molar-refractivity contribution in [1.82, 2.24) is 4.90 Å². The standard InChI is InChI=1S/C12H24N2/c1-10-5-3-2-4-8-14(10)12-7-6-11(13)9-12/h10-12H,2-9,13H2,1H3. The first-order valence-electron chi connectivity index (χ1n) is 6.28. The molecular formula is C12H24N2. The van der Waals surface area contributed by atoms with E-state index in [-0.39, 0.29) is 0 Å². The molecule has 0 radical (unpaired) electrons. The monoisotopic (exact) mass is 196 g/mol. The smallest absolute Gasteiger partial charge is 0.0113 e. The molecule has 1 heterocycles. The average molecular weight is 196 g/mol. The molecule has 2 fully saturated rings. The van der Waals surface area contributed by atoms with Gasteiger partial charge in [0.2, 0.25) is 0 Å². The van der Waals surface area contributed by atoms with Gasteiger partial charge in [0, 0.05) is 18.1 Å². The van der Waals surface area contributed by atoms with E-state index in [2.05, 4.69) is 11.8 Å². The summed E-state index contributed by atoms with van der Waals surface area (Å²) in [6.07, 6.45) is 9.47. The van der Waals surface area contributed by atoms with Gasteiger partial charge in [-0.15, -0.1) is 0 Å². The quantitative estimate of drug-likeness (QED) is 0.696. The Labute approximate surface area is 87.8 Å². The number of nitrogens with two attached hydrogens (primary N) is 1. The fourth-order valence-electron chi connectivity index (χ4n) is 3.13. The lowest BCUT2D eigenvalue weighted by molar-refractivity contribution is 0.148. The molecule has 2 aliphatic rings. The van der Waals surface area contributed by atoms with Gasteiger partial charge in [-0.25, -0.2) is 0 Å². The van der Waals surface area contributed by atoms with E-state index in [0.29, 0.717) is 6.04 Å². The maximum absolute atomic E-state index is 5.99. The topological polar surface area (TPSA) is 29.3 Å². The molecule has 1 saturated carbocycles. The highest BCUT2D eigenvalue weighted by atomic mass is 15.2. The van der Waals surface area contributed by atoms with Crippen molar-refractivity contribution in [2.75, 3.05) is 6.54 Å². The van der Waals surface area contributed by atoms with E-state index in [1.807, 2.05) is 0 Å². The van der Waals surface area contributed by atoms with Crippen molar-refractivity contribution in [1.29, 1.82) is 0 Å². The predicted molar refractivity (Wildman–Crippen MR) is 60.3 cm³/mol. The molecule has 0 aromatic carbocycles. The zero-order chi connectivity index (χ0) is 9.97. The summed E-state index contributed by atoms with van der Waals surface area (Å²) in [6, 6.07) is 2.08. The molecule has 3 atom stereocenters. The lowest BCUT2D eigenvalue weighted by Crippen LogP contribution is -2.40. The van der Waals surface area contributed by atoms with Crippen LogP contribution in [0.3, 0.4) is 0 Å². The van der Waals surface area contributed by atoms with E-state index in [9.17, 15) is 0 Å². The summed E-state index contributed by atoms with van der Waals surface area (Å²) in [6.45, 7) is 3.72. The van der Waals surface area contributed by atoms with Crippen LogP contribution in [-0.2, 0) is 0 Å². The predicted octanol–water partition coefficient (Wildman–Crippen LogP) is 2.13. The molecule has 14 heavy (non-hydrogen) atoms. The second kappa shape index (κ2) is 4.63. The lowest BCUT2D eigenvalue weighted by atomic mass is 10.1. The third-order valence-corrected chi connectivity index (χ3v) is 4.02. The van der Waals surface area contributed by atoms with Gasteiger partial charge in [0.05, 0.1) is 0 Å². The molecule has 1 aliphatic carbocycles. The SMILES string of the molecule is CC1CCCCCN1C1CCC(N)C1. The zero-order valence-corrected chi connectivity index (χ0v) is 9.41. The molecule has 1 aliphatic heterocycles. The van der Waals surface area contributed by atoms with Crippen LogP contribution in [0.4, 0.5) is 0 Å². The molecule has 0 spiro atoms. The van der Waals surface area contributed by atoms with Gasteiger partial charge in [0.25, 0.3) is 0 Å². The number of hydrogen-bond donors (Lipinski definition) is 1. The van der Waals surface area contributed by atoms with Crippen molar-refractivity contribution >= 4 is 0 Å². The van der Waals surface area contributed by atoms with Crippen LogP contribution < -0.4 is 5.73 Å². The summed E-state index contributed by atoms with van der Waals surface area (Å²) >= 11 is 0. The van der Waals surface area contributed by atoms with Gasteiger partial charge < -0.3 is 5.73 Å². The van der Waals surface area contributed by atoms with Gasteiger partial charge >= 0.3 is 0 Å². The minimum Gasteiger partial charge on any atom is -0.328 e. The summed E-state index contributed by atoms with van der Waals surface area (Å²) in [5.41, 5.74) is 5.99. The van der Waals surface area contributed by atoms with E-state index in [1.165, 1.54) is 51.5 Å². The van der Waals surface area contributed by atoms with Crippen molar-refractivity contribution in [2.45, 2.75) is 70.0 Å². The molecule has 0 aromatic rings. The van der Waals surface area contributed by atoms with Crippen LogP contribution in [0.5, 0.6) is 0 Å². The zero-order valence-electron chi connectivity index (χ0n) is 9.41. The van der Waals surface area contributed by atoms with Crippen LogP contribution in [0, 0.1) is 0 Å². The van der Waals surface area contributed by atoms with Gasteiger partial charge in [-0.1, -0.05) is 12.8 Å². The molecule has 0 bridgehead atoms. The Morgan fingerprint density at radius 2 is 1.93 bits per heavy atom. The fourth-order valence-corrected chi connectivity index (χ4v) is 3.13. The lowest BCUT2D eigenvalue weighted by Gasteiger charge is -2.33. The second-order valence-electron chi connectivity index (χ2n) is 5.16. The molecule has 0 amide bonds. The number of rotatable bonds is 1. The maximum Gasteiger partial charge on any atom is 0.0113 e. The van der Waals surface area contributed by atoms with Crippen LogP contribution in [0.1, 0.15) is 51.9 Å². The molecule has 0 aromatic heterocycles. The van der Waals surface area contributed by atoms with Crippen molar-refractivity contribution < 1.29 is 0 Å². The summed E-state index contributed by atoms with van der Waals surface area (Å²) < 4.78 is 0. The van der Waals surface area contributed by atoms with E-state index < -0.39 is 0 Å². The Hall–Kier alpha value is -0.0800. The van der Waals surface area contributed by atoms with Crippen LogP contribution in [0.15, 0.2) is 0 Å². The Balaban J connectivity index is 1.93. The van der Waals surface area contributed by atoms with E-state index in [4.69, 9.17) is 5.73 Å². The molecule has 2 N–H and O–H groups in total. The normalized spacial score (nSPS) is 41.1.